The van der Waals surface area contributed by atoms with Crippen molar-refractivity contribution in [1.82, 2.24) is 24.4 Å². The van der Waals surface area contributed by atoms with Crippen molar-refractivity contribution in [3.05, 3.63) is 30.6 Å². The number of aromatic nitrogens is 4. The van der Waals surface area contributed by atoms with Gasteiger partial charge in [-0.2, -0.15) is 4.98 Å². The van der Waals surface area contributed by atoms with E-state index in [0.29, 0.717) is 56.6 Å². The SMILES string of the molecule is CC(C)(C)OC(=O)N1CCC(n2cnc3c(-c4cccc(O)c4)nc(N4CCOCC4)nc32)CC1. The third-order valence-corrected chi connectivity index (χ3v) is 6.33. The average molecular weight is 481 g/mol. The maximum atomic E-state index is 12.5. The molecule has 0 aliphatic carbocycles. The number of hydrogen-bond donors (Lipinski definition) is 1. The molecule has 10 heteroatoms. The number of benzene rings is 1. The summed E-state index contributed by atoms with van der Waals surface area (Å²) in [4.78, 5) is 30.9. The monoisotopic (exact) mass is 480 g/mol. The molecule has 186 valence electrons. The number of hydrogen-bond acceptors (Lipinski definition) is 8. The minimum Gasteiger partial charge on any atom is -0.508 e. The number of carbonyl (C=O) groups is 1. The van der Waals surface area contributed by atoms with Crippen LogP contribution in [0.5, 0.6) is 5.75 Å². The zero-order valence-electron chi connectivity index (χ0n) is 20.5. The van der Waals surface area contributed by atoms with Crippen molar-refractivity contribution < 1.29 is 19.4 Å². The molecule has 0 atom stereocenters. The van der Waals surface area contributed by atoms with Crippen LogP contribution in [-0.4, -0.2) is 80.6 Å². The second kappa shape index (κ2) is 9.33. The zero-order valence-corrected chi connectivity index (χ0v) is 20.5. The van der Waals surface area contributed by atoms with Crippen LogP contribution in [0.2, 0.25) is 0 Å². The van der Waals surface area contributed by atoms with Crippen molar-refractivity contribution in [3.8, 4) is 17.0 Å². The van der Waals surface area contributed by atoms with Crippen molar-refractivity contribution in [1.29, 1.82) is 0 Å². The number of ether oxygens (including phenoxy) is 2. The molecule has 0 saturated carbocycles. The number of piperidine rings is 1. The first-order valence-electron chi connectivity index (χ1n) is 12.1. The van der Waals surface area contributed by atoms with E-state index in [0.717, 1.165) is 24.1 Å². The van der Waals surface area contributed by atoms with Gasteiger partial charge in [0.2, 0.25) is 5.95 Å². The molecule has 2 aliphatic rings. The lowest BCUT2D eigenvalue weighted by Gasteiger charge is -2.34. The molecule has 2 aliphatic heterocycles. The van der Waals surface area contributed by atoms with Gasteiger partial charge in [0.25, 0.3) is 0 Å². The summed E-state index contributed by atoms with van der Waals surface area (Å²) < 4.78 is 13.2. The molecule has 1 amide bonds. The van der Waals surface area contributed by atoms with Gasteiger partial charge in [0.15, 0.2) is 5.65 Å². The molecule has 2 aromatic heterocycles. The number of amides is 1. The molecule has 1 aromatic carbocycles. The number of phenols is 1. The number of rotatable bonds is 3. The van der Waals surface area contributed by atoms with Gasteiger partial charge in [0.05, 0.1) is 19.5 Å². The number of likely N-dealkylation sites (tertiary alicyclic amines) is 1. The number of carbonyl (C=O) groups excluding carboxylic acids is 1. The second-order valence-electron chi connectivity index (χ2n) is 10.0. The molecule has 0 radical (unpaired) electrons. The Bertz CT molecular complexity index is 1210. The highest BCUT2D eigenvalue weighted by atomic mass is 16.6. The Morgan fingerprint density at radius 3 is 2.54 bits per heavy atom. The third kappa shape index (κ3) is 5.02. The number of phenolic OH excluding ortho intramolecular Hbond substituents is 1. The highest BCUT2D eigenvalue weighted by molar-refractivity contribution is 5.88. The summed E-state index contributed by atoms with van der Waals surface area (Å²) in [6.45, 7) is 9.55. The molecule has 1 N–H and O–H groups in total. The second-order valence-corrected chi connectivity index (χ2v) is 10.0. The van der Waals surface area contributed by atoms with Gasteiger partial charge in [-0.3, -0.25) is 0 Å². The fourth-order valence-corrected chi connectivity index (χ4v) is 4.58. The lowest BCUT2D eigenvalue weighted by Crippen LogP contribution is -2.42. The molecule has 35 heavy (non-hydrogen) atoms. The fraction of sp³-hybridized carbons (Fsp3) is 0.520. The molecule has 0 spiro atoms. The number of morpholine rings is 1. The van der Waals surface area contributed by atoms with Gasteiger partial charge in [-0.1, -0.05) is 12.1 Å². The first-order chi connectivity index (χ1) is 16.8. The Labute approximate surface area is 204 Å². The molecule has 10 nitrogen and oxygen atoms in total. The van der Waals surface area contributed by atoms with Gasteiger partial charge in [0, 0.05) is 37.8 Å². The molecule has 4 heterocycles. The first kappa shape index (κ1) is 23.3. The van der Waals surface area contributed by atoms with E-state index < -0.39 is 5.60 Å². The predicted octanol–water partition coefficient (Wildman–Crippen LogP) is 3.61. The summed E-state index contributed by atoms with van der Waals surface area (Å²) in [5.74, 6) is 0.809. The smallest absolute Gasteiger partial charge is 0.410 e. The van der Waals surface area contributed by atoms with Gasteiger partial charge in [0.1, 0.15) is 22.6 Å². The molecule has 2 saturated heterocycles. The highest BCUT2D eigenvalue weighted by Gasteiger charge is 2.29. The Kier molecular flexibility index (Phi) is 6.22. The number of anilines is 1. The van der Waals surface area contributed by atoms with Crippen molar-refractivity contribution in [2.45, 2.75) is 45.3 Å². The van der Waals surface area contributed by atoms with Gasteiger partial charge in [-0.05, 0) is 45.7 Å². The van der Waals surface area contributed by atoms with Crippen LogP contribution in [0.15, 0.2) is 30.6 Å². The lowest BCUT2D eigenvalue weighted by molar-refractivity contribution is 0.0189. The van der Waals surface area contributed by atoms with Crippen LogP contribution in [0.3, 0.4) is 0 Å². The lowest BCUT2D eigenvalue weighted by atomic mass is 10.1. The van der Waals surface area contributed by atoms with Gasteiger partial charge >= 0.3 is 6.09 Å². The summed E-state index contributed by atoms with van der Waals surface area (Å²) in [6, 6.07) is 7.22. The maximum Gasteiger partial charge on any atom is 0.410 e. The number of imidazole rings is 1. The van der Waals surface area contributed by atoms with E-state index >= 15 is 0 Å². The van der Waals surface area contributed by atoms with E-state index in [1.165, 1.54) is 0 Å². The predicted molar refractivity (Wildman–Crippen MR) is 132 cm³/mol. The standard InChI is InChI=1S/C25H32N6O4/c1-25(2,3)35-24(33)30-9-7-18(8-10-30)31-16-26-21-20(17-5-4-6-19(32)15-17)27-23(28-22(21)31)29-11-13-34-14-12-29/h4-6,15-16,18,32H,7-14H2,1-3H3. The van der Waals surface area contributed by atoms with Crippen LogP contribution in [0.4, 0.5) is 10.7 Å². The number of aromatic hydroxyl groups is 1. The molecular weight excluding hydrogens is 448 g/mol. The molecule has 5 rings (SSSR count). The normalized spacial score (nSPS) is 17.7. The Balaban J connectivity index is 1.47. The maximum absolute atomic E-state index is 12.5. The third-order valence-electron chi connectivity index (χ3n) is 6.33. The van der Waals surface area contributed by atoms with Crippen LogP contribution in [0.25, 0.3) is 22.4 Å². The van der Waals surface area contributed by atoms with E-state index in [4.69, 9.17) is 24.4 Å². The van der Waals surface area contributed by atoms with Crippen molar-refractivity contribution >= 4 is 23.2 Å². The summed E-state index contributed by atoms with van der Waals surface area (Å²) in [5, 5.41) is 10.1. The number of fused-ring (bicyclic) bond motifs is 1. The number of nitrogens with zero attached hydrogens (tertiary/aromatic N) is 6. The van der Waals surface area contributed by atoms with Crippen LogP contribution in [0.1, 0.15) is 39.7 Å². The fourth-order valence-electron chi connectivity index (χ4n) is 4.58. The minimum atomic E-state index is -0.510. The highest BCUT2D eigenvalue weighted by Crippen LogP contribution is 2.33. The van der Waals surface area contributed by atoms with Crippen LogP contribution in [-0.2, 0) is 9.47 Å². The van der Waals surface area contributed by atoms with E-state index in [-0.39, 0.29) is 17.9 Å². The molecule has 3 aromatic rings. The van der Waals surface area contributed by atoms with Crippen molar-refractivity contribution in [2.75, 3.05) is 44.3 Å². The summed E-state index contributed by atoms with van der Waals surface area (Å²) in [5.41, 5.74) is 2.43. The Morgan fingerprint density at radius 1 is 1.11 bits per heavy atom. The van der Waals surface area contributed by atoms with E-state index in [1.54, 1.807) is 23.1 Å². The largest absolute Gasteiger partial charge is 0.508 e. The molecule has 0 unspecified atom stereocenters. The average Bonchev–Trinajstić information content (AvgIpc) is 3.27. The van der Waals surface area contributed by atoms with Crippen LogP contribution < -0.4 is 4.90 Å². The van der Waals surface area contributed by atoms with Crippen molar-refractivity contribution in [3.63, 3.8) is 0 Å². The van der Waals surface area contributed by atoms with Gasteiger partial charge < -0.3 is 28.9 Å². The zero-order chi connectivity index (χ0) is 24.6. The molecular formula is C25H32N6O4. The van der Waals surface area contributed by atoms with E-state index in [1.807, 2.05) is 33.2 Å². The quantitative estimate of drug-likeness (QED) is 0.606. The Hall–Kier alpha value is -3.40. The topological polar surface area (TPSA) is 106 Å². The van der Waals surface area contributed by atoms with Crippen molar-refractivity contribution in [2.24, 2.45) is 0 Å². The van der Waals surface area contributed by atoms with E-state index in [9.17, 15) is 9.90 Å². The summed E-state index contributed by atoms with van der Waals surface area (Å²) in [6.07, 6.45) is 3.11. The van der Waals surface area contributed by atoms with Crippen LogP contribution >= 0.6 is 0 Å². The van der Waals surface area contributed by atoms with Crippen LogP contribution in [0, 0.1) is 0 Å². The molecule has 0 bridgehead atoms. The van der Waals surface area contributed by atoms with E-state index in [2.05, 4.69) is 9.47 Å². The summed E-state index contributed by atoms with van der Waals surface area (Å²) in [7, 11) is 0. The molecule has 2 fully saturated rings. The minimum absolute atomic E-state index is 0.156. The first-order valence-corrected chi connectivity index (χ1v) is 12.1. The Morgan fingerprint density at radius 2 is 1.86 bits per heavy atom. The summed E-state index contributed by atoms with van der Waals surface area (Å²) >= 11 is 0. The van der Waals surface area contributed by atoms with Gasteiger partial charge in [-0.15, -0.1) is 0 Å². The van der Waals surface area contributed by atoms with Gasteiger partial charge in [-0.25, -0.2) is 14.8 Å².